The number of nitrogens with one attached hydrogen (secondary N) is 1. The number of thiophene rings is 1. The molecule has 1 N–H and O–H groups in total. The molecule has 4 rings (SSSR count). The third kappa shape index (κ3) is 4.10. The molecule has 0 atom stereocenters. The summed E-state index contributed by atoms with van der Waals surface area (Å²) in [5.74, 6) is -0.106. The minimum absolute atomic E-state index is 0.0225. The number of amides is 1. The molecule has 2 aromatic carbocycles. The Morgan fingerprint density at radius 1 is 1.10 bits per heavy atom. The van der Waals surface area contributed by atoms with E-state index in [-0.39, 0.29) is 23.2 Å². The number of nitrogens with zero attached hydrogens (tertiary/aromatic N) is 1. The van der Waals surface area contributed by atoms with Crippen LogP contribution in [0, 0.1) is 5.82 Å². The van der Waals surface area contributed by atoms with Crippen LogP contribution in [-0.4, -0.2) is 27.7 Å². The van der Waals surface area contributed by atoms with Gasteiger partial charge in [0.1, 0.15) is 16.6 Å². The number of hydrogen-bond donors (Lipinski definition) is 1. The number of fused-ring (bicyclic) bond motifs is 1. The molecule has 0 radical (unpaired) electrons. The van der Waals surface area contributed by atoms with Gasteiger partial charge in [0.15, 0.2) is 11.5 Å². The molecule has 1 aliphatic rings. The first-order chi connectivity index (χ1) is 14.4. The van der Waals surface area contributed by atoms with Gasteiger partial charge in [-0.05, 0) is 41.3 Å². The summed E-state index contributed by atoms with van der Waals surface area (Å²) in [5, 5.41) is 4.27. The van der Waals surface area contributed by atoms with Crippen molar-refractivity contribution in [3.05, 3.63) is 71.4 Å². The summed E-state index contributed by atoms with van der Waals surface area (Å²) in [7, 11) is -4.10. The van der Waals surface area contributed by atoms with Crippen molar-refractivity contribution in [2.24, 2.45) is 0 Å². The minimum Gasteiger partial charge on any atom is -0.454 e. The summed E-state index contributed by atoms with van der Waals surface area (Å²) >= 11 is 0.998. The summed E-state index contributed by atoms with van der Waals surface area (Å²) in [6.45, 7) is -0.269. The molecule has 0 fully saturated rings. The summed E-state index contributed by atoms with van der Waals surface area (Å²) in [4.78, 5) is 12.6. The van der Waals surface area contributed by atoms with E-state index in [1.165, 1.54) is 24.3 Å². The number of carbonyl (C=O) groups excluding carboxylic acids is 1. The van der Waals surface area contributed by atoms with E-state index in [1.807, 2.05) is 0 Å². The Balaban J connectivity index is 1.53. The van der Waals surface area contributed by atoms with Crippen molar-refractivity contribution in [2.75, 3.05) is 17.6 Å². The van der Waals surface area contributed by atoms with Crippen LogP contribution in [-0.2, 0) is 21.4 Å². The maximum Gasteiger partial charge on any atom is 0.274 e. The highest BCUT2D eigenvalue weighted by Crippen LogP contribution is 2.32. The van der Waals surface area contributed by atoms with Crippen LogP contribution in [0.25, 0.3) is 0 Å². The highest BCUT2D eigenvalue weighted by Gasteiger charge is 2.29. The topological polar surface area (TPSA) is 84.9 Å². The Morgan fingerprint density at radius 3 is 2.67 bits per heavy atom. The first kappa shape index (κ1) is 20.2. The second kappa shape index (κ2) is 8.33. The fraction of sp³-hybridized carbons (Fsp3) is 0.150. The smallest absolute Gasteiger partial charge is 0.274 e. The maximum absolute atomic E-state index is 14.4. The first-order valence-corrected chi connectivity index (χ1v) is 11.2. The lowest BCUT2D eigenvalue weighted by Gasteiger charge is -2.23. The maximum atomic E-state index is 14.4. The van der Waals surface area contributed by atoms with Crippen LogP contribution < -0.4 is 19.1 Å². The van der Waals surface area contributed by atoms with Gasteiger partial charge in [0.25, 0.3) is 10.0 Å². The first-order valence-electron chi connectivity index (χ1n) is 8.91. The molecule has 0 saturated carbocycles. The Hall–Kier alpha value is -3.11. The fourth-order valence-corrected chi connectivity index (χ4v) is 5.44. The lowest BCUT2D eigenvalue weighted by Crippen LogP contribution is -2.40. The molecular formula is C20H17FN2O5S2. The second-order valence-corrected chi connectivity index (χ2v) is 9.40. The van der Waals surface area contributed by atoms with Crippen LogP contribution in [0.3, 0.4) is 0 Å². The highest BCUT2D eigenvalue weighted by atomic mass is 32.2. The Labute approximate surface area is 176 Å². The number of hydrogen-bond acceptors (Lipinski definition) is 6. The van der Waals surface area contributed by atoms with Crippen molar-refractivity contribution in [3.8, 4) is 11.5 Å². The zero-order valence-electron chi connectivity index (χ0n) is 15.6. The number of benzene rings is 2. The number of rotatable bonds is 7. The molecule has 0 aliphatic carbocycles. The average molecular weight is 448 g/mol. The van der Waals surface area contributed by atoms with E-state index in [2.05, 4.69) is 5.32 Å². The zero-order valence-corrected chi connectivity index (χ0v) is 17.2. The van der Waals surface area contributed by atoms with Gasteiger partial charge in [-0.3, -0.25) is 9.10 Å². The summed E-state index contributed by atoms with van der Waals surface area (Å²) in [5.41, 5.74) is 0.565. The molecule has 0 unspecified atom stereocenters. The van der Waals surface area contributed by atoms with Gasteiger partial charge in [0, 0.05) is 6.54 Å². The van der Waals surface area contributed by atoms with Gasteiger partial charge in [-0.1, -0.05) is 24.3 Å². The van der Waals surface area contributed by atoms with E-state index in [1.54, 1.807) is 29.6 Å². The van der Waals surface area contributed by atoms with E-state index in [0.29, 0.717) is 11.5 Å². The van der Waals surface area contributed by atoms with E-state index in [4.69, 9.17) is 9.47 Å². The number of anilines is 1. The zero-order chi connectivity index (χ0) is 21.1. The Kier molecular flexibility index (Phi) is 5.60. The molecule has 0 bridgehead atoms. The number of ether oxygens (including phenoxy) is 2. The van der Waals surface area contributed by atoms with E-state index in [0.717, 1.165) is 27.3 Å². The third-order valence-electron chi connectivity index (χ3n) is 4.37. The molecule has 10 heteroatoms. The molecule has 1 aromatic heterocycles. The molecular weight excluding hydrogens is 431 g/mol. The van der Waals surface area contributed by atoms with Crippen molar-refractivity contribution in [1.82, 2.24) is 5.32 Å². The van der Waals surface area contributed by atoms with Crippen LogP contribution in [0.4, 0.5) is 10.1 Å². The predicted molar refractivity (Wildman–Crippen MR) is 110 cm³/mol. The van der Waals surface area contributed by atoms with E-state index >= 15 is 0 Å². The molecule has 156 valence electrons. The molecule has 0 spiro atoms. The number of halogens is 1. The molecule has 3 aromatic rings. The lowest BCUT2D eigenvalue weighted by molar-refractivity contribution is -0.119. The van der Waals surface area contributed by atoms with Crippen molar-refractivity contribution < 1.29 is 27.1 Å². The van der Waals surface area contributed by atoms with Gasteiger partial charge in [0.2, 0.25) is 12.7 Å². The summed E-state index contributed by atoms with van der Waals surface area (Å²) in [6.07, 6.45) is 0. The fourth-order valence-electron chi connectivity index (χ4n) is 2.91. The normalized spacial score (nSPS) is 12.6. The van der Waals surface area contributed by atoms with Gasteiger partial charge in [-0.2, -0.15) is 0 Å². The Morgan fingerprint density at radius 2 is 1.90 bits per heavy atom. The number of sulfonamides is 1. The summed E-state index contributed by atoms with van der Waals surface area (Å²) < 4.78 is 51.8. The molecule has 1 aliphatic heterocycles. The van der Waals surface area contributed by atoms with E-state index in [9.17, 15) is 17.6 Å². The van der Waals surface area contributed by atoms with Gasteiger partial charge >= 0.3 is 0 Å². The standard InChI is InChI=1S/C20H17FN2O5S2/c21-15-4-1-2-5-16(15)23(30(25,26)20-6-3-9-29-20)12-19(24)22-11-14-7-8-17-18(10-14)28-13-27-17/h1-10H,11-13H2,(H,22,24). The van der Waals surface area contributed by atoms with Crippen LogP contribution in [0.1, 0.15) is 5.56 Å². The molecule has 2 heterocycles. The van der Waals surface area contributed by atoms with Gasteiger partial charge in [0.05, 0.1) is 5.69 Å². The van der Waals surface area contributed by atoms with Crippen molar-refractivity contribution in [3.63, 3.8) is 0 Å². The second-order valence-electron chi connectivity index (χ2n) is 6.36. The van der Waals surface area contributed by atoms with Crippen LogP contribution >= 0.6 is 11.3 Å². The predicted octanol–water partition coefficient (Wildman–Crippen LogP) is 3.13. The van der Waals surface area contributed by atoms with Gasteiger partial charge in [-0.15, -0.1) is 11.3 Å². The largest absolute Gasteiger partial charge is 0.454 e. The summed E-state index contributed by atoms with van der Waals surface area (Å²) in [6, 6.07) is 13.7. The number of para-hydroxylation sites is 1. The van der Waals surface area contributed by atoms with E-state index < -0.39 is 28.3 Å². The molecule has 7 nitrogen and oxygen atoms in total. The number of carbonyl (C=O) groups is 1. The van der Waals surface area contributed by atoms with Crippen molar-refractivity contribution in [1.29, 1.82) is 0 Å². The monoisotopic (exact) mass is 448 g/mol. The quantitative estimate of drug-likeness (QED) is 0.600. The molecule has 1 amide bonds. The average Bonchev–Trinajstić information content (AvgIpc) is 3.43. The molecule has 0 saturated heterocycles. The van der Waals surface area contributed by atoms with Crippen LogP contribution in [0.2, 0.25) is 0 Å². The van der Waals surface area contributed by atoms with Crippen LogP contribution in [0.5, 0.6) is 11.5 Å². The lowest BCUT2D eigenvalue weighted by atomic mass is 10.2. The Bertz CT molecular complexity index is 1170. The SMILES string of the molecule is O=C(CN(c1ccccc1F)S(=O)(=O)c1cccs1)NCc1ccc2c(c1)OCO2. The van der Waals surface area contributed by atoms with Crippen molar-refractivity contribution >= 4 is 33.0 Å². The highest BCUT2D eigenvalue weighted by molar-refractivity contribution is 7.94. The molecule has 30 heavy (non-hydrogen) atoms. The third-order valence-corrected chi connectivity index (χ3v) is 7.51. The minimum atomic E-state index is -4.10. The van der Waals surface area contributed by atoms with Crippen molar-refractivity contribution in [2.45, 2.75) is 10.8 Å². The van der Waals surface area contributed by atoms with Gasteiger partial charge in [-0.25, -0.2) is 12.8 Å². The van der Waals surface area contributed by atoms with Gasteiger partial charge < -0.3 is 14.8 Å². The van der Waals surface area contributed by atoms with Crippen LogP contribution in [0.15, 0.2) is 64.2 Å².